The fourth-order valence-corrected chi connectivity index (χ4v) is 4.13. The predicted molar refractivity (Wildman–Crippen MR) is 99.1 cm³/mol. The molecule has 0 saturated heterocycles. The van der Waals surface area contributed by atoms with E-state index >= 15 is 0 Å². The molecule has 1 atom stereocenters. The van der Waals surface area contributed by atoms with E-state index in [1.807, 2.05) is 12.1 Å². The molecule has 0 heterocycles. The van der Waals surface area contributed by atoms with Crippen LogP contribution in [0, 0.1) is 8.99 Å². The summed E-state index contributed by atoms with van der Waals surface area (Å²) in [6, 6.07) is 15.2. The van der Waals surface area contributed by atoms with Gasteiger partial charge in [0.15, 0.2) is 0 Å². The van der Waals surface area contributed by atoms with Gasteiger partial charge < -0.3 is 5.32 Å². The second kappa shape index (κ2) is 5.81. The summed E-state index contributed by atoms with van der Waals surface area (Å²) in [5, 5.41) is 4.54. The second-order valence-electron chi connectivity index (χ2n) is 6.39. The lowest BCUT2D eigenvalue weighted by atomic mass is 9.70. The van der Waals surface area contributed by atoms with Crippen LogP contribution in [-0.2, 0) is 6.42 Å². The van der Waals surface area contributed by atoms with Crippen LogP contribution < -0.4 is 5.32 Å². The van der Waals surface area contributed by atoms with E-state index in [0.717, 1.165) is 10.7 Å². The van der Waals surface area contributed by atoms with E-state index in [2.05, 4.69) is 72.1 Å². The zero-order valence-electron chi connectivity index (χ0n) is 12.3. The van der Waals surface area contributed by atoms with Gasteiger partial charge in [0, 0.05) is 14.3 Å². The molecule has 0 spiro atoms. The van der Waals surface area contributed by atoms with Crippen LogP contribution in [0.15, 0.2) is 42.5 Å². The van der Waals surface area contributed by atoms with Gasteiger partial charge in [0.1, 0.15) is 0 Å². The number of fused-ring (bicyclic) bond motifs is 1. The van der Waals surface area contributed by atoms with Crippen molar-refractivity contribution in [3.63, 3.8) is 0 Å². The largest absolute Gasteiger partial charge is 0.377 e. The average molecular weight is 412 g/mol. The lowest BCUT2D eigenvalue weighted by Crippen LogP contribution is -2.33. The lowest BCUT2D eigenvalue weighted by molar-refractivity contribution is 0.265. The highest BCUT2D eigenvalue weighted by Crippen LogP contribution is 2.45. The highest BCUT2D eigenvalue weighted by molar-refractivity contribution is 14.1. The van der Waals surface area contributed by atoms with Crippen LogP contribution in [0.4, 0.5) is 5.69 Å². The van der Waals surface area contributed by atoms with E-state index in [0.29, 0.717) is 6.04 Å². The van der Waals surface area contributed by atoms with Crippen molar-refractivity contribution in [2.45, 2.75) is 32.7 Å². The lowest BCUT2D eigenvalue weighted by Gasteiger charge is -2.41. The van der Waals surface area contributed by atoms with Crippen LogP contribution in [0.25, 0.3) is 0 Å². The van der Waals surface area contributed by atoms with Crippen molar-refractivity contribution >= 4 is 39.9 Å². The Morgan fingerprint density at radius 1 is 1.19 bits per heavy atom. The Morgan fingerprint density at radius 2 is 1.95 bits per heavy atom. The molecule has 0 aliphatic heterocycles. The van der Waals surface area contributed by atoms with E-state index in [1.165, 1.54) is 27.5 Å². The zero-order valence-corrected chi connectivity index (χ0v) is 15.2. The Hall–Kier alpha value is -0.740. The van der Waals surface area contributed by atoms with E-state index < -0.39 is 0 Å². The number of hydrogen-bond acceptors (Lipinski definition) is 1. The maximum atomic E-state index is 6.06. The number of nitrogens with one attached hydrogen (secondary N) is 1. The summed E-state index contributed by atoms with van der Waals surface area (Å²) in [6.45, 7) is 4.70. The number of benzene rings is 2. The summed E-state index contributed by atoms with van der Waals surface area (Å²) in [4.78, 5) is 0. The summed E-state index contributed by atoms with van der Waals surface area (Å²) < 4.78 is 1.17. The van der Waals surface area contributed by atoms with Gasteiger partial charge >= 0.3 is 0 Å². The Morgan fingerprint density at radius 3 is 2.71 bits per heavy atom. The molecule has 2 aromatic carbocycles. The van der Waals surface area contributed by atoms with Crippen LogP contribution in [0.1, 0.15) is 37.4 Å². The SMILES string of the molecule is CC1(C)CCc2ccccc2C1Nc1ccc(Cl)cc1I. The molecular formula is C18H19ClIN. The molecule has 1 unspecified atom stereocenters. The van der Waals surface area contributed by atoms with Crippen molar-refractivity contribution < 1.29 is 0 Å². The van der Waals surface area contributed by atoms with Crippen molar-refractivity contribution in [1.29, 1.82) is 0 Å². The molecule has 3 rings (SSSR count). The first kappa shape index (κ1) is 15.2. The molecule has 1 aliphatic carbocycles. The van der Waals surface area contributed by atoms with E-state index in [-0.39, 0.29) is 5.41 Å². The number of rotatable bonds is 2. The average Bonchev–Trinajstić information content (AvgIpc) is 2.44. The number of anilines is 1. The Balaban J connectivity index is 1.99. The van der Waals surface area contributed by atoms with E-state index in [1.54, 1.807) is 0 Å². The quantitative estimate of drug-likeness (QED) is 0.591. The summed E-state index contributed by atoms with van der Waals surface area (Å²) in [6.07, 6.45) is 2.37. The number of hydrogen-bond donors (Lipinski definition) is 1. The highest BCUT2D eigenvalue weighted by atomic mass is 127. The fraction of sp³-hybridized carbons (Fsp3) is 0.333. The third kappa shape index (κ3) is 3.07. The van der Waals surface area contributed by atoms with Crippen molar-refractivity contribution in [1.82, 2.24) is 0 Å². The Kier molecular flexibility index (Phi) is 4.19. The molecular weight excluding hydrogens is 393 g/mol. The zero-order chi connectivity index (χ0) is 15.0. The molecule has 1 N–H and O–H groups in total. The standard InChI is InChI=1S/C18H19ClIN/c1-18(2)10-9-12-5-3-4-6-14(12)17(18)21-16-8-7-13(19)11-15(16)20/h3-8,11,17,21H,9-10H2,1-2H3. The fourth-order valence-electron chi connectivity index (χ4n) is 3.10. The first-order valence-corrected chi connectivity index (χ1v) is 8.72. The maximum Gasteiger partial charge on any atom is 0.0567 e. The van der Waals surface area contributed by atoms with Gasteiger partial charge in [0.2, 0.25) is 0 Å². The number of aryl methyl sites for hydroxylation is 1. The molecule has 2 aromatic rings. The second-order valence-corrected chi connectivity index (χ2v) is 7.99. The molecule has 0 amide bonds. The van der Waals surface area contributed by atoms with Gasteiger partial charge in [0.05, 0.1) is 6.04 Å². The smallest absolute Gasteiger partial charge is 0.0567 e. The summed E-state index contributed by atoms with van der Waals surface area (Å²) >= 11 is 8.41. The summed E-state index contributed by atoms with van der Waals surface area (Å²) in [5.41, 5.74) is 4.30. The minimum Gasteiger partial charge on any atom is -0.377 e. The summed E-state index contributed by atoms with van der Waals surface area (Å²) in [5.74, 6) is 0. The van der Waals surface area contributed by atoms with Crippen molar-refractivity contribution in [3.05, 3.63) is 62.2 Å². The molecule has 21 heavy (non-hydrogen) atoms. The van der Waals surface area contributed by atoms with Crippen molar-refractivity contribution in [3.8, 4) is 0 Å². The van der Waals surface area contributed by atoms with Crippen LogP contribution in [0.2, 0.25) is 5.02 Å². The molecule has 0 fully saturated rings. The molecule has 1 nitrogen and oxygen atoms in total. The van der Waals surface area contributed by atoms with Gasteiger partial charge in [-0.25, -0.2) is 0 Å². The number of halogens is 2. The Labute approximate surface area is 145 Å². The van der Waals surface area contributed by atoms with Crippen LogP contribution in [0.5, 0.6) is 0 Å². The first-order valence-electron chi connectivity index (χ1n) is 7.27. The third-order valence-corrected chi connectivity index (χ3v) is 5.54. The first-order chi connectivity index (χ1) is 9.97. The molecule has 0 radical (unpaired) electrons. The molecule has 0 aromatic heterocycles. The maximum absolute atomic E-state index is 6.06. The monoisotopic (exact) mass is 411 g/mol. The van der Waals surface area contributed by atoms with Crippen LogP contribution in [-0.4, -0.2) is 0 Å². The van der Waals surface area contributed by atoms with Gasteiger partial charge in [-0.2, -0.15) is 0 Å². The minimum absolute atomic E-state index is 0.233. The van der Waals surface area contributed by atoms with Crippen LogP contribution >= 0.6 is 34.2 Å². The van der Waals surface area contributed by atoms with E-state index in [9.17, 15) is 0 Å². The van der Waals surface area contributed by atoms with Gasteiger partial charge in [0.25, 0.3) is 0 Å². The molecule has 0 bridgehead atoms. The normalized spacial score (nSPS) is 19.9. The molecule has 3 heteroatoms. The van der Waals surface area contributed by atoms with Crippen molar-refractivity contribution in [2.75, 3.05) is 5.32 Å². The van der Waals surface area contributed by atoms with Crippen LogP contribution in [0.3, 0.4) is 0 Å². The minimum atomic E-state index is 0.233. The van der Waals surface area contributed by atoms with Gasteiger partial charge in [-0.3, -0.25) is 0 Å². The predicted octanol–water partition coefficient (Wildman–Crippen LogP) is 6.07. The highest BCUT2D eigenvalue weighted by Gasteiger charge is 2.35. The molecule has 0 saturated carbocycles. The third-order valence-electron chi connectivity index (χ3n) is 4.42. The van der Waals surface area contributed by atoms with Gasteiger partial charge in [-0.15, -0.1) is 0 Å². The van der Waals surface area contributed by atoms with Crippen molar-refractivity contribution in [2.24, 2.45) is 5.41 Å². The summed E-state index contributed by atoms with van der Waals surface area (Å²) in [7, 11) is 0. The topological polar surface area (TPSA) is 12.0 Å². The van der Waals surface area contributed by atoms with Gasteiger partial charge in [-0.1, -0.05) is 49.7 Å². The van der Waals surface area contributed by atoms with E-state index in [4.69, 9.17) is 11.6 Å². The Bertz CT molecular complexity index is 666. The molecule has 1 aliphatic rings. The molecule has 110 valence electrons. The van der Waals surface area contributed by atoms with Gasteiger partial charge in [-0.05, 0) is 70.2 Å².